The number of nitro groups is 1. The normalized spacial score (nSPS) is 14.6. The van der Waals surface area contributed by atoms with Crippen molar-refractivity contribution in [1.29, 1.82) is 0 Å². The number of amides is 1. The summed E-state index contributed by atoms with van der Waals surface area (Å²) < 4.78 is 0. The van der Waals surface area contributed by atoms with E-state index in [0.717, 1.165) is 18.1 Å². The van der Waals surface area contributed by atoms with E-state index < -0.39 is 4.92 Å². The average Bonchev–Trinajstić information content (AvgIpc) is 2.63. The first-order chi connectivity index (χ1) is 12.0. The molecule has 0 aromatic heterocycles. The van der Waals surface area contributed by atoms with Gasteiger partial charge in [0, 0.05) is 34.3 Å². The van der Waals surface area contributed by atoms with E-state index in [0.29, 0.717) is 18.7 Å². The van der Waals surface area contributed by atoms with E-state index in [1.54, 1.807) is 4.90 Å². The second-order valence-corrected chi connectivity index (χ2v) is 6.60. The molecule has 0 bridgehead atoms. The number of nitrogens with zero attached hydrogens (tertiary/aromatic N) is 2. The molecule has 8 heteroatoms. The summed E-state index contributed by atoms with van der Waals surface area (Å²) in [6.45, 7) is 4.95. The molecule has 0 atom stereocenters. The zero-order valence-corrected chi connectivity index (χ0v) is 15.8. The number of aryl methyl sites for hydroxylation is 1. The van der Waals surface area contributed by atoms with Crippen LogP contribution in [0, 0.1) is 17.0 Å². The van der Waals surface area contributed by atoms with E-state index in [2.05, 4.69) is 6.92 Å². The van der Waals surface area contributed by atoms with Crippen molar-refractivity contribution in [3.63, 3.8) is 0 Å². The van der Waals surface area contributed by atoms with E-state index in [1.165, 1.54) is 40.4 Å². The van der Waals surface area contributed by atoms with E-state index in [-0.39, 0.29) is 24.0 Å². The predicted octanol–water partition coefficient (Wildman–Crippen LogP) is -0.767. The van der Waals surface area contributed by atoms with Crippen LogP contribution in [0.25, 0.3) is 0 Å². The second-order valence-electron chi connectivity index (χ2n) is 6.16. The van der Waals surface area contributed by atoms with E-state index in [4.69, 9.17) is 11.6 Å². The Morgan fingerprint density at radius 2 is 1.77 bits per heavy atom. The van der Waals surface area contributed by atoms with Gasteiger partial charge in [0.2, 0.25) is 0 Å². The van der Waals surface area contributed by atoms with Crippen molar-refractivity contribution >= 4 is 28.9 Å². The van der Waals surface area contributed by atoms with Gasteiger partial charge in [-0.2, -0.15) is 0 Å². The maximum Gasteiger partial charge on any atom is 0.269 e. The summed E-state index contributed by atoms with van der Waals surface area (Å²) in [5.41, 5.74) is 2.83. The van der Waals surface area contributed by atoms with Gasteiger partial charge in [-0.3, -0.25) is 19.8 Å². The molecular weight excluding hydrogens is 377 g/mol. The van der Waals surface area contributed by atoms with Gasteiger partial charge in [0.1, 0.15) is 5.69 Å². The Labute approximate surface area is 162 Å². The van der Waals surface area contributed by atoms with Crippen molar-refractivity contribution in [2.75, 3.05) is 26.2 Å². The van der Waals surface area contributed by atoms with Crippen molar-refractivity contribution < 1.29 is 27.0 Å². The SMILES string of the molecule is Cc1ccc(Cl)cc1[NH+]1CCN(C(=O)c2ccc([N+](=O)[O-])cc2)CC1.[Cl-]. The van der Waals surface area contributed by atoms with E-state index in [9.17, 15) is 14.9 Å². The zero-order valence-electron chi connectivity index (χ0n) is 14.2. The molecule has 2 aromatic carbocycles. The standard InChI is InChI=1S/C18H18ClN3O3.ClH/c1-13-2-5-15(19)12-17(13)20-8-10-21(11-9-20)18(23)14-3-6-16(7-4-14)22(24)25;/h2-7,12H,8-11H2,1H3;1H. The number of benzene rings is 2. The highest BCUT2D eigenvalue weighted by Gasteiger charge is 2.27. The Morgan fingerprint density at radius 1 is 1.15 bits per heavy atom. The molecule has 3 rings (SSSR count). The Bertz CT molecular complexity index is 804. The third kappa shape index (κ3) is 4.33. The van der Waals surface area contributed by atoms with Crippen LogP contribution >= 0.6 is 11.6 Å². The van der Waals surface area contributed by atoms with Gasteiger partial charge < -0.3 is 17.3 Å². The number of piperazine rings is 1. The Balaban J connectivity index is 0.00000243. The Kier molecular flexibility index (Phi) is 6.58. The van der Waals surface area contributed by atoms with Crippen LogP contribution in [0.15, 0.2) is 42.5 Å². The first-order valence-electron chi connectivity index (χ1n) is 8.10. The van der Waals surface area contributed by atoms with Crippen LogP contribution < -0.4 is 17.3 Å². The summed E-state index contributed by atoms with van der Waals surface area (Å²) in [5.74, 6) is -0.0863. The molecule has 2 aromatic rings. The minimum absolute atomic E-state index is 0. The van der Waals surface area contributed by atoms with Crippen molar-refractivity contribution in [3.8, 4) is 0 Å². The summed E-state index contributed by atoms with van der Waals surface area (Å²) in [6.07, 6.45) is 0. The molecule has 1 heterocycles. The highest BCUT2D eigenvalue weighted by Crippen LogP contribution is 2.18. The number of hydrogen-bond donors (Lipinski definition) is 1. The lowest BCUT2D eigenvalue weighted by atomic mass is 10.1. The molecule has 1 aliphatic heterocycles. The predicted molar refractivity (Wildman–Crippen MR) is 95.5 cm³/mol. The molecule has 6 nitrogen and oxygen atoms in total. The molecule has 1 fully saturated rings. The quantitative estimate of drug-likeness (QED) is 0.548. The molecule has 0 spiro atoms. The number of carbonyl (C=O) groups is 1. The number of rotatable bonds is 3. The minimum Gasteiger partial charge on any atom is -1.00 e. The van der Waals surface area contributed by atoms with Crippen LogP contribution in [0.5, 0.6) is 0 Å². The van der Waals surface area contributed by atoms with Crippen molar-refractivity contribution in [3.05, 3.63) is 68.7 Å². The average molecular weight is 396 g/mol. The van der Waals surface area contributed by atoms with Crippen molar-refractivity contribution in [2.24, 2.45) is 0 Å². The van der Waals surface area contributed by atoms with Crippen LogP contribution in [-0.4, -0.2) is 41.9 Å². The maximum atomic E-state index is 12.6. The van der Waals surface area contributed by atoms with Crippen LogP contribution in [0.2, 0.25) is 5.02 Å². The minimum atomic E-state index is -0.469. The van der Waals surface area contributed by atoms with Crippen LogP contribution in [-0.2, 0) is 0 Å². The lowest BCUT2D eigenvalue weighted by molar-refractivity contribution is -0.837. The number of quaternary nitrogens is 1. The fraction of sp³-hybridized carbons (Fsp3) is 0.278. The summed E-state index contributed by atoms with van der Waals surface area (Å²) >= 11 is 6.10. The fourth-order valence-electron chi connectivity index (χ4n) is 3.13. The lowest BCUT2D eigenvalue weighted by Crippen LogP contribution is -3.10. The lowest BCUT2D eigenvalue weighted by Gasteiger charge is -2.32. The maximum absolute atomic E-state index is 12.6. The third-order valence-electron chi connectivity index (χ3n) is 4.56. The highest BCUT2D eigenvalue weighted by molar-refractivity contribution is 6.30. The Hall–Kier alpha value is -2.15. The highest BCUT2D eigenvalue weighted by atomic mass is 35.5. The van der Waals surface area contributed by atoms with Gasteiger partial charge in [-0.15, -0.1) is 0 Å². The van der Waals surface area contributed by atoms with Gasteiger partial charge in [0.25, 0.3) is 11.6 Å². The van der Waals surface area contributed by atoms with Crippen molar-refractivity contribution in [2.45, 2.75) is 6.92 Å². The van der Waals surface area contributed by atoms with Gasteiger partial charge in [-0.1, -0.05) is 17.7 Å². The van der Waals surface area contributed by atoms with Gasteiger partial charge in [0.15, 0.2) is 0 Å². The molecule has 0 radical (unpaired) electrons. The Morgan fingerprint density at radius 3 is 2.35 bits per heavy atom. The molecule has 0 aliphatic carbocycles. The smallest absolute Gasteiger partial charge is 0.269 e. The second kappa shape index (κ2) is 8.49. The van der Waals surface area contributed by atoms with Gasteiger partial charge in [0.05, 0.1) is 31.1 Å². The molecule has 0 saturated carbocycles. The van der Waals surface area contributed by atoms with E-state index >= 15 is 0 Å². The molecule has 138 valence electrons. The van der Waals surface area contributed by atoms with Crippen LogP contribution in [0.3, 0.4) is 0 Å². The molecule has 1 N–H and O–H groups in total. The van der Waals surface area contributed by atoms with Crippen LogP contribution in [0.1, 0.15) is 15.9 Å². The van der Waals surface area contributed by atoms with Gasteiger partial charge in [-0.25, -0.2) is 0 Å². The monoisotopic (exact) mass is 395 g/mol. The topological polar surface area (TPSA) is 67.9 Å². The van der Waals surface area contributed by atoms with Gasteiger partial charge >= 0.3 is 0 Å². The molecule has 26 heavy (non-hydrogen) atoms. The van der Waals surface area contributed by atoms with Crippen LogP contribution in [0.4, 0.5) is 11.4 Å². The number of nitrogens with one attached hydrogen (secondary N) is 1. The first-order valence-corrected chi connectivity index (χ1v) is 8.48. The first kappa shape index (κ1) is 20.2. The van der Waals surface area contributed by atoms with Crippen molar-refractivity contribution in [1.82, 2.24) is 4.90 Å². The number of nitro benzene ring substituents is 1. The molecule has 1 aliphatic rings. The zero-order chi connectivity index (χ0) is 18.0. The third-order valence-corrected chi connectivity index (χ3v) is 4.79. The molecule has 1 saturated heterocycles. The fourth-order valence-corrected chi connectivity index (χ4v) is 3.30. The van der Waals surface area contributed by atoms with E-state index in [1.807, 2.05) is 18.2 Å². The molecule has 0 unspecified atom stereocenters. The summed E-state index contributed by atoms with van der Waals surface area (Å²) in [7, 11) is 0. The summed E-state index contributed by atoms with van der Waals surface area (Å²) in [5, 5.41) is 11.4. The molecular formula is C18H19Cl2N3O3. The molecule has 1 amide bonds. The number of hydrogen-bond acceptors (Lipinski definition) is 3. The number of halogens is 2. The number of carbonyl (C=O) groups excluding carboxylic acids is 1. The summed E-state index contributed by atoms with van der Waals surface area (Å²) in [4.78, 5) is 25.9. The number of non-ortho nitro benzene ring substituents is 1. The largest absolute Gasteiger partial charge is 1.00 e. The van der Waals surface area contributed by atoms with Gasteiger partial charge in [-0.05, 0) is 25.1 Å². The summed E-state index contributed by atoms with van der Waals surface area (Å²) in [6, 6.07) is 11.6.